The molecule has 35 heavy (non-hydrogen) atoms. The van der Waals surface area contributed by atoms with Crippen molar-refractivity contribution in [1.29, 1.82) is 0 Å². The molecule has 0 spiro atoms. The summed E-state index contributed by atoms with van der Waals surface area (Å²) in [4.78, 5) is 37.0. The molecule has 0 aliphatic carbocycles. The van der Waals surface area contributed by atoms with E-state index in [1.807, 2.05) is 42.5 Å². The fourth-order valence-electron chi connectivity index (χ4n) is 3.68. The van der Waals surface area contributed by atoms with E-state index in [0.717, 1.165) is 18.1 Å². The van der Waals surface area contributed by atoms with Crippen molar-refractivity contribution in [1.82, 2.24) is 0 Å². The first-order chi connectivity index (χ1) is 16.9. The second-order valence-corrected chi connectivity index (χ2v) is 7.97. The van der Waals surface area contributed by atoms with Crippen molar-refractivity contribution in [2.24, 2.45) is 0 Å². The molecule has 1 N–H and O–H groups in total. The number of carbonyl (C=O) groups excluding carboxylic acids is 2. The molecule has 0 amide bonds. The van der Waals surface area contributed by atoms with Crippen LogP contribution in [0.25, 0.3) is 0 Å². The van der Waals surface area contributed by atoms with E-state index in [1.165, 1.54) is 7.11 Å². The Balaban J connectivity index is 1.77. The summed E-state index contributed by atoms with van der Waals surface area (Å²) >= 11 is 0. The first kappa shape index (κ1) is 25.6. The van der Waals surface area contributed by atoms with Crippen LogP contribution in [-0.2, 0) is 32.1 Å². The zero-order valence-corrected chi connectivity index (χ0v) is 19.7. The third-order valence-corrected chi connectivity index (χ3v) is 5.48. The molecule has 3 rings (SSSR count). The predicted octanol–water partition coefficient (Wildman–Crippen LogP) is 4.44. The average molecular weight is 477 g/mol. The van der Waals surface area contributed by atoms with Crippen molar-refractivity contribution >= 4 is 17.7 Å². The molecular weight excluding hydrogens is 448 g/mol. The molecule has 0 fully saturated rings. The van der Waals surface area contributed by atoms with E-state index < -0.39 is 29.7 Å². The summed E-state index contributed by atoms with van der Waals surface area (Å²) in [6, 6.07) is 23.2. The van der Waals surface area contributed by atoms with Crippen molar-refractivity contribution in [3.8, 4) is 5.75 Å². The van der Waals surface area contributed by atoms with Crippen LogP contribution in [0.2, 0.25) is 0 Å². The highest BCUT2D eigenvalue weighted by Gasteiger charge is 2.38. The standard InChI is InChI=1S/C28H28O7/c1-19(29)35-27(28(31)32)25(26(30)23-12-14-24(33-2)15-13-23)22-10-8-20(9-11-22)16-17-34-18-21-6-4-3-5-7-21/h3-15,25,27H,16-18H2,1-2H3,(H,31,32). The molecule has 3 aromatic rings. The van der Waals surface area contributed by atoms with Gasteiger partial charge in [-0.2, -0.15) is 0 Å². The maximum atomic E-state index is 13.4. The number of esters is 1. The van der Waals surface area contributed by atoms with Crippen molar-refractivity contribution < 1.29 is 33.7 Å². The minimum atomic E-state index is -1.66. The number of aliphatic carboxylic acids is 1. The van der Waals surface area contributed by atoms with E-state index in [2.05, 4.69) is 0 Å². The lowest BCUT2D eigenvalue weighted by molar-refractivity contribution is -0.163. The molecule has 2 unspecified atom stereocenters. The molecule has 0 aliphatic heterocycles. The molecule has 182 valence electrons. The molecule has 0 bridgehead atoms. The lowest BCUT2D eigenvalue weighted by atomic mass is 9.85. The quantitative estimate of drug-likeness (QED) is 0.234. The normalized spacial score (nSPS) is 12.4. The minimum absolute atomic E-state index is 0.285. The van der Waals surface area contributed by atoms with Gasteiger partial charge in [0.05, 0.1) is 26.2 Å². The van der Waals surface area contributed by atoms with E-state index >= 15 is 0 Å². The second-order valence-electron chi connectivity index (χ2n) is 7.97. The van der Waals surface area contributed by atoms with E-state index in [1.54, 1.807) is 36.4 Å². The van der Waals surface area contributed by atoms with Crippen LogP contribution >= 0.6 is 0 Å². The number of ketones is 1. The number of rotatable bonds is 12. The SMILES string of the molecule is COc1ccc(C(=O)C(c2ccc(CCOCc3ccccc3)cc2)C(OC(C)=O)C(=O)O)cc1. The van der Waals surface area contributed by atoms with Gasteiger partial charge in [-0.15, -0.1) is 0 Å². The van der Waals surface area contributed by atoms with Gasteiger partial charge < -0.3 is 19.3 Å². The Morgan fingerprint density at radius 3 is 2.09 bits per heavy atom. The molecule has 7 heteroatoms. The van der Waals surface area contributed by atoms with Gasteiger partial charge in [-0.05, 0) is 47.4 Å². The predicted molar refractivity (Wildman–Crippen MR) is 129 cm³/mol. The number of Topliss-reactive ketones (excluding diaryl/α,β-unsaturated/α-hetero) is 1. The third kappa shape index (κ3) is 7.25. The number of carboxylic acids is 1. The zero-order chi connectivity index (χ0) is 25.2. The number of hydrogen-bond acceptors (Lipinski definition) is 6. The van der Waals surface area contributed by atoms with Crippen molar-refractivity contribution in [2.75, 3.05) is 13.7 Å². The Kier molecular flexibility index (Phi) is 9.15. The summed E-state index contributed by atoms with van der Waals surface area (Å²) in [5.74, 6) is -3.30. The second kappa shape index (κ2) is 12.5. The molecule has 2 atom stereocenters. The van der Waals surface area contributed by atoms with Crippen molar-refractivity contribution in [3.63, 3.8) is 0 Å². The van der Waals surface area contributed by atoms with Gasteiger partial charge in [0.1, 0.15) is 5.75 Å². The number of benzene rings is 3. The van der Waals surface area contributed by atoms with Crippen LogP contribution in [0.3, 0.4) is 0 Å². The maximum absolute atomic E-state index is 13.4. The summed E-state index contributed by atoms with van der Waals surface area (Å²) in [7, 11) is 1.51. The van der Waals surface area contributed by atoms with Crippen molar-refractivity contribution in [3.05, 3.63) is 101 Å². The fourth-order valence-corrected chi connectivity index (χ4v) is 3.68. The molecule has 7 nitrogen and oxygen atoms in total. The van der Waals surface area contributed by atoms with Gasteiger partial charge in [0.15, 0.2) is 5.78 Å². The van der Waals surface area contributed by atoms with Crippen LogP contribution in [0.5, 0.6) is 5.75 Å². The lowest BCUT2D eigenvalue weighted by Gasteiger charge is -2.23. The van der Waals surface area contributed by atoms with Gasteiger partial charge in [0.25, 0.3) is 0 Å². The van der Waals surface area contributed by atoms with Gasteiger partial charge in [0.2, 0.25) is 6.10 Å². The Morgan fingerprint density at radius 1 is 0.857 bits per heavy atom. The number of methoxy groups -OCH3 is 1. The van der Waals surface area contributed by atoms with Gasteiger partial charge in [-0.1, -0.05) is 54.6 Å². The van der Waals surface area contributed by atoms with Crippen LogP contribution in [0.15, 0.2) is 78.9 Å². The van der Waals surface area contributed by atoms with Gasteiger partial charge in [0, 0.05) is 12.5 Å². The Bertz CT molecular complexity index is 1120. The molecule has 0 saturated carbocycles. The average Bonchev–Trinajstić information content (AvgIpc) is 2.87. The summed E-state index contributed by atoms with van der Waals surface area (Å²) in [5, 5.41) is 9.76. The number of ether oxygens (including phenoxy) is 3. The number of carbonyl (C=O) groups is 3. The number of hydrogen-bond donors (Lipinski definition) is 1. The molecule has 3 aromatic carbocycles. The highest BCUT2D eigenvalue weighted by Crippen LogP contribution is 2.28. The largest absolute Gasteiger partial charge is 0.497 e. The lowest BCUT2D eigenvalue weighted by Crippen LogP contribution is -2.37. The Morgan fingerprint density at radius 2 is 1.51 bits per heavy atom. The topological polar surface area (TPSA) is 99.1 Å². The molecule has 0 radical (unpaired) electrons. The maximum Gasteiger partial charge on any atom is 0.346 e. The number of carboxylic acid groups (broad SMARTS) is 1. The summed E-state index contributed by atoms with van der Waals surface area (Å²) in [6.45, 7) is 2.14. The van der Waals surface area contributed by atoms with Gasteiger partial charge >= 0.3 is 11.9 Å². The van der Waals surface area contributed by atoms with E-state index in [9.17, 15) is 19.5 Å². The van der Waals surface area contributed by atoms with E-state index in [-0.39, 0.29) is 5.56 Å². The third-order valence-electron chi connectivity index (χ3n) is 5.48. The molecule has 0 aliphatic rings. The van der Waals surface area contributed by atoms with Gasteiger partial charge in [-0.25, -0.2) is 4.79 Å². The molecule has 0 aromatic heterocycles. The van der Waals surface area contributed by atoms with Crippen LogP contribution < -0.4 is 4.74 Å². The van der Waals surface area contributed by atoms with Crippen LogP contribution in [0.1, 0.15) is 39.9 Å². The summed E-state index contributed by atoms with van der Waals surface area (Å²) in [6.07, 6.45) is -1.02. The van der Waals surface area contributed by atoms with Crippen LogP contribution in [-0.4, -0.2) is 42.6 Å². The van der Waals surface area contributed by atoms with E-state index in [0.29, 0.717) is 30.9 Å². The Labute approximate surface area is 204 Å². The molecular formula is C28H28O7. The smallest absolute Gasteiger partial charge is 0.346 e. The summed E-state index contributed by atoms with van der Waals surface area (Å²) in [5.41, 5.74) is 2.78. The van der Waals surface area contributed by atoms with Crippen LogP contribution in [0, 0.1) is 0 Å². The highest BCUT2D eigenvalue weighted by atomic mass is 16.6. The first-order valence-corrected chi connectivity index (χ1v) is 11.2. The molecule has 0 heterocycles. The molecule has 0 saturated heterocycles. The zero-order valence-electron chi connectivity index (χ0n) is 19.7. The van der Waals surface area contributed by atoms with Gasteiger partial charge in [-0.3, -0.25) is 9.59 Å². The summed E-state index contributed by atoms with van der Waals surface area (Å²) < 4.78 is 15.9. The van der Waals surface area contributed by atoms with Crippen LogP contribution in [0.4, 0.5) is 0 Å². The highest BCUT2D eigenvalue weighted by molar-refractivity contribution is 6.04. The first-order valence-electron chi connectivity index (χ1n) is 11.2. The fraction of sp³-hybridized carbons (Fsp3) is 0.250. The Hall–Kier alpha value is -3.97. The van der Waals surface area contributed by atoms with E-state index in [4.69, 9.17) is 14.2 Å². The minimum Gasteiger partial charge on any atom is -0.497 e. The monoisotopic (exact) mass is 476 g/mol. The van der Waals surface area contributed by atoms with Crippen molar-refractivity contribution in [2.45, 2.75) is 32.0 Å².